The van der Waals surface area contributed by atoms with Gasteiger partial charge in [-0.2, -0.15) is 0 Å². The lowest BCUT2D eigenvalue weighted by molar-refractivity contribution is -0.126. The zero-order chi connectivity index (χ0) is 12.3. The molecule has 92 valence electrons. The second-order valence-electron chi connectivity index (χ2n) is 4.93. The van der Waals surface area contributed by atoms with Crippen molar-refractivity contribution in [3.8, 4) is 0 Å². The quantitative estimate of drug-likeness (QED) is 0.796. The van der Waals surface area contributed by atoms with Crippen molar-refractivity contribution in [1.82, 2.24) is 0 Å². The first kappa shape index (κ1) is 12.3. The Morgan fingerprint density at radius 2 is 1.82 bits per heavy atom. The van der Waals surface area contributed by atoms with Crippen LogP contribution < -0.4 is 0 Å². The van der Waals surface area contributed by atoms with E-state index in [1.807, 2.05) is 30.3 Å². The number of carbonyl (C=O) groups is 1. The Kier molecular flexibility index (Phi) is 3.63. The number of methoxy groups -OCH3 is 1. The van der Waals surface area contributed by atoms with Gasteiger partial charge in [-0.25, -0.2) is 0 Å². The molecule has 0 aromatic heterocycles. The molecule has 0 spiro atoms. The van der Waals surface area contributed by atoms with E-state index in [2.05, 4.69) is 0 Å². The maximum Gasteiger partial charge on any atom is 0.140 e. The predicted molar refractivity (Wildman–Crippen MR) is 68.1 cm³/mol. The average Bonchev–Trinajstić information content (AvgIpc) is 2.80. The van der Waals surface area contributed by atoms with Crippen LogP contribution in [0.5, 0.6) is 0 Å². The fourth-order valence-corrected chi connectivity index (χ4v) is 3.14. The lowest BCUT2D eigenvalue weighted by atomic mass is 9.78. The largest absolute Gasteiger partial charge is 0.377 e. The fraction of sp³-hybridized carbons (Fsp3) is 0.533. The maximum atomic E-state index is 12.0. The number of carbonyl (C=O) groups excluding carboxylic acids is 1. The smallest absolute Gasteiger partial charge is 0.140 e. The van der Waals surface area contributed by atoms with E-state index < -0.39 is 0 Å². The third kappa shape index (κ3) is 2.27. The molecule has 1 aromatic carbocycles. The fourth-order valence-electron chi connectivity index (χ4n) is 3.14. The molecule has 1 aliphatic rings. The van der Waals surface area contributed by atoms with Crippen LogP contribution in [0, 0.1) is 0 Å². The van der Waals surface area contributed by atoms with E-state index in [-0.39, 0.29) is 17.3 Å². The molecule has 1 atom stereocenters. The van der Waals surface area contributed by atoms with Crippen LogP contribution in [-0.2, 0) is 9.53 Å². The standard InChI is InChI=1S/C15H20O2/c1-12(16)14(13-8-4-3-5-9-13)15(17-2)10-6-7-11-15/h3-5,8-9,14H,6-7,10-11H2,1-2H3. The van der Waals surface area contributed by atoms with Gasteiger partial charge in [-0.15, -0.1) is 0 Å². The van der Waals surface area contributed by atoms with E-state index in [4.69, 9.17) is 4.74 Å². The number of hydrogen-bond donors (Lipinski definition) is 0. The molecule has 0 radical (unpaired) electrons. The lowest BCUT2D eigenvalue weighted by Gasteiger charge is -2.35. The highest BCUT2D eigenvalue weighted by Crippen LogP contribution is 2.44. The van der Waals surface area contributed by atoms with Gasteiger partial charge in [0.1, 0.15) is 5.78 Å². The average molecular weight is 232 g/mol. The maximum absolute atomic E-state index is 12.0. The zero-order valence-corrected chi connectivity index (χ0v) is 10.6. The first-order valence-electron chi connectivity index (χ1n) is 6.30. The Balaban J connectivity index is 2.38. The van der Waals surface area contributed by atoms with Crippen molar-refractivity contribution in [3.63, 3.8) is 0 Å². The summed E-state index contributed by atoms with van der Waals surface area (Å²) in [5.41, 5.74) is 0.816. The summed E-state index contributed by atoms with van der Waals surface area (Å²) in [6.45, 7) is 1.68. The van der Waals surface area contributed by atoms with Gasteiger partial charge in [-0.3, -0.25) is 4.79 Å². The number of rotatable bonds is 4. The molecule has 0 heterocycles. The van der Waals surface area contributed by atoms with E-state index in [1.54, 1.807) is 14.0 Å². The minimum atomic E-state index is -0.271. The summed E-state index contributed by atoms with van der Waals surface area (Å²) in [6, 6.07) is 10.0. The molecule has 0 N–H and O–H groups in total. The molecule has 0 saturated heterocycles. The topological polar surface area (TPSA) is 26.3 Å². The number of benzene rings is 1. The van der Waals surface area contributed by atoms with Gasteiger partial charge in [-0.1, -0.05) is 43.2 Å². The van der Waals surface area contributed by atoms with Gasteiger partial charge < -0.3 is 4.74 Å². The Morgan fingerprint density at radius 3 is 2.29 bits per heavy atom. The molecular weight excluding hydrogens is 212 g/mol. The van der Waals surface area contributed by atoms with Crippen LogP contribution in [0.25, 0.3) is 0 Å². The van der Waals surface area contributed by atoms with Gasteiger partial charge in [0.2, 0.25) is 0 Å². The second kappa shape index (κ2) is 5.01. The first-order valence-corrected chi connectivity index (χ1v) is 6.30. The first-order chi connectivity index (χ1) is 8.19. The highest BCUT2D eigenvalue weighted by Gasteiger charge is 2.44. The highest BCUT2D eigenvalue weighted by atomic mass is 16.5. The van der Waals surface area contributed by atoms with E-state index in [9.17, 15) is 4.79 Å². The summed E-state index contributed by atoms with van der Waals surface area (Å²) in [5.74, 6) is 0.0937. The SMILES string of the molecule is COC1(C(C(C)=O)c2ccccc2)CCCC1. The van der Waals surface area contributed by atoms with Crippen molar-refractivity contribution in [2.75, 3.05) is 7.11 Å². The molecule has 0 amide bonds. The van der Waals surface area contributed by atoms with Gasteiger partial charge in [0, 0.05) is 7.11 Å². The number of hydrogen-bond acceptors (Lipinski definition) is 2. The molecule has 1 fully saturated rings. The predicted octanol–water partition coefficient (Wildman–Crippen LogP) is 3.32. The van der Waals surface area contributed by atoms with Crippen LogP contribution in [-0.4, -0.2) is 18.5 Å². The Morgan fingerprint density at radius 1 is 1.24 bits per heavy atom. The van der Waals surface area contributed by atoms with Crippen LogP contribution in [0.15, 0.2) is 30.3 Å². The van der Waals surface area contributed by atoms with E-state index in [0.29, 0.717) is 0 Å². The normalized spacial score (nSPS) is 20.1. The molecule has 0 bridgehead atoms. The van der Waals surface area contributed by atoms with E-state index in [1.165, 1.54) is 0 Å². The molecule has 1 aliphatic carbocycles. The minimum absolute atomic E-state index is 0.115. The van der Waals surface area contributed by atoms with Crippen LogP contribution in [0.4, 0.5) is 0 Å². The molecular formula is C15H20O2. The van der Waals surface area contributed by atoms with Crippen molar-refractivity contribution < 1.29 is 9.53 Å². The van der Waals surface area contributed by atoms with Gasteiger partial charge in [0.25, 0.3) is 0 Å². The molecule has 2 nitrogen and oxygen atoms in total. The van der Waals surface area contributed by atoms with Gasteiger partial charge in [0.15, 0.2) is 0 Å². The van der Waals surface area contributed by atoms with E-state index in [0.717, 1.165) is 31.2 Å². The third-order valence-corrected chi connectivity index (χ3v) is 3.92. The number of Topliss-reactive ketones (excluding diaryl/α,β-unsaturated/α-hetero) is 1. The molecule has 2 heteroatoms. The van der Waals surface area contributed by atoms with Crippen molar-refractivity contribution in [2.45, 2.75) is 44.1 Å². The monoisotopic (exact) mass is 232 g/mol. The van der Waals surface area contributed by atoms with Crippen molar-refractivity contribution >= 4 is 5.78 Å². The summed E-state index contributed by atoms with van der Waals surface area (Å²) in [7, 11) is 1.74. The van der Waals surface area contributed by atoms with Crippen LogP contribution in [0.1, 0.15) is 44.1 Å². The van der Waals surface area contributed by atoms with Gasteiger partial charge in [-0.05, 0) is 25.3 Å². The van der Waals surface area contributed by atoms with Crippen LogP contribution >= 0.6 is 0 Å². The highest BCUT2D eigenvalue weighted by molar-refractivity contribution is 5.85. The van der Waals surface area contributed by atoms with Crippen molar-refractivity contribution in [3.05, 3.63) is 35.9 Å². The van der Waals surface area contributed by atoms with Crippen molar-refractivity contribution in [1.29, 1.82) is 0 Å². The Hall–Kier alpha value is -1.15. The van der Waals surface area contributed by atoms with Crippen molar-refractivity contribution in [2.24, 2.45) is 0 Å². The summed E-state index contributed by atoms with van der Waals surface area (Å²) in [5, 5.41) is 0. The van der Waals surface area contributed by atoms with Gasteiger partial charge in [0.05, 0.1) is 11.5 Å². The third-order valence-electron chi connectivity index (χ3n) is 3.92. The molecule has 1 aromatic rings. The molecule has 1 saturated carbocycles. The molecule has 1 unspecified atom stereocenters. The van der Waals surface area contributed by atoms with Crippen LogP contribution in [0.2, 0.25) is 0 Å². The second-order valence-corrected chi connectivity index (χ2v) is 4.93. The lowest BCUT2D eigenvalue weighted by Crippen LogP contribution is -2.39. The van der Waals surface area contributed by atoms with Crippen LogP contribution in [0.3, 0.4) is 0 Å². The minimum Gasteiger partial charge on any atom is -0.377 e. The van der Waals surface area contributed by atoms with Gasteiger partial charge >= 0.3 is 0 Å². The summed E-state index contributed by atoms with van der Waals surface area (Å²) >= 11 is 0. The Labute approximate surface area is 103 Å². The molecule has 17 heavy (non-hydrogen) atoms. The zero-order valence-electron chi connectivity index (χ0n) is 10.6. The summed E-state index contributed by atoms with van der Waals surface area (Å²) in [6.07, 6.45) is 4.29. The summed E-state index contributed by atoms with van der Waals surface area (Å²) in [4.78, 5) is 12.0. The molecule has 2 rings (SSSR count). The Bertz CT molecular complexity index is 377. The number of ketones is 1. The molecule has 0 aliphatic heterocycles. The summed E-state index contributed by atoms with van der Waals surface area (Å²) < 4.78 is 5.76. The van der Waals surface area contributed by atoms with E-state index >= 15 is 0 Å². The number of ether oxygens (including phenoxy) is 1.